The lowest BCUT2D eigenvalue weighted by molar-refractivity contribution is -0.118. The van der Waals surface area contributed by atoms with Gasteiger partial charge >= 0.3 is 0 Å². The molecule has 2 heterocycles. The number of hydrazine groups is 1. The Morgan fingerprint density at radius 1 is 1.03 bits per heavy atom. The van der Waals surface area contributed by atoms with Crippen molar-refractivity contribution in [2.75, 3.05) is 10.6 Å². The first-order valence-corrected chi connectivity index (χ1v) is 10.2. The van der Waals surface area contributed by atoms with Gasteiger partial charge in [0.15, 0.2) is 5.13 Å². The lowest BCUT2D eigenvalue weighted by atomic mass is 10.0. The number of anilines is 2. The van der Waals surface area contributed by atoms with E-state index < -0.39 is 0 Å². The van der Waals surface area contributed by atoms with Gasteiger partial charge in [-0.3, -0.25) is 9.59 Å². The highest BCUT2D eigenvalue weighted by molar-refractivity contribution is 7.14. The van der Waals surface area contributed by atoms with E-state index in [2.05, 4.69) is 26.5 Å². The molecule has 0 radical (unpaired) electrons. The van der Waals surface area contributed by atoms with Crippen molar-refractivity contribution in [3.63, 3.8) is 0 Å². The Kier molecular flexibility index (Phi) is 5.66. The average Bonchev–Trinajstić information content (AvgIpc) is 3.39. The molecule has 1 fully saturated rings. The van der Waals surface area contributed by atoms with Crippen molar-refractivity contribution in [1.82, 2.24) is 15.8 Å². The minimum Gasteiger partial charge on any atom is -0.326 e. The molecule has 1 saturated heterocycles. The standard InChI is InChI=1S/C21H21N5O2S/c1-13(27)22-16-9-7-15(8-10-16)19-12-29-21(23-19)24-20(28)18-11-17(25-26-18)14-5-3-2-4-6-14/h2-10,12,17-18,25-26H,11H2,1H3,(H,22,27)(H,23,24,28). The van der Waals surface area contributed by atoms with Crippen molar-refractivity contribution in [2.24, 2.45) is 0 Å². The number of carbonyl (C=O) groups excluding carboxylic acids is 2. The fourth-order valence-electron chi connectivity index (χ4n) is 3.22. The molecule has 7 nitrogen and oxygen atoms in total. The second-order valence-electron chi connectivity index (χ2n) is 6.83. The minimum absolute atomic E-state index is 0.0981. The zero-order valence-electron chi connectivity index (χ0n) is 15.8. The van der Waals surface area contributed by atoms with Gasteiger partial charge in [0.2, 0.25) is 11.8 Å². The summed E-state index contributed by atoms with van der Waals surface area (Å²) in [5, 5.41) is 8.08. The first-order valence-electron chi connectivity index (χ1n) is 9.29. The molecule has 148 valence electrons. The molecule has 1 aliphatic rings. The van der Waals surface area contributed by atoms with Crippen molar-refractivity contribution in [1.29, 1.82) is 0 Å². The van der Waals surface area contributed by atoms with E-state index in [0.29, 0.717) is 11.6 Å². The maximum atomic E-state index is 12.6. The van der Waals surface area contributed by atoms with Gasteiger partial charge in [0, 0.05) is 29.6 Å². The SMILES string of the molecule is CC(=O)Nc1ccc(-c2csc(NC(=O)C3CC(c4ccccc4)NN3)n2)cc1. The van der Waals surface area contributed by atoms with Gasteiger partial charge in [-0.1, -0.05) is 42.5 Å². The Bertz CT molecular complexity index is 1000. The van der Waals surface area contributed by atoms with Crippen LogP contribution in [0.15, 0.2) is 60.0 Å². The Morgan fingerprint density at radius 2 is 1.79 bits per heavy atom. The maximum absolute atomic E-state index is 12.6. The van der Waals surface area contributed by atoms with Crippen LogP contribution in [0.3, 0.4) is 0 Å². The summed E-state index contributed by atoms with van der Waals surface area (Å²) in [6.07, 6.45) is 0.665. The molecule has 29 heavy (non-hydrogen) atoms. The number of nitrogens with one attached hydrogen (secondary N) is 4. The summed E-state index contributed by atoms with van der Waals surface area (Å²) >= 11 is 1.38. The number of nitrogens with zero attached hydrogens (tertiary/aromatic N) is 1. The van der Waals surface area contributed by atoms with Crippen LogP contribution >= 0.6 is 11.3 Å². The Morgan fingerprint density at radius 3 is 2.52 bits per heavy atom. The number of benzene rings is 2. The highest BCUT2D eigenvalue weighted by Crippen LogP contribution is 2.27. The van der Waals surface area contributed by atoms with Crippen LogP contribution in [0.25, 0.3) is 11.3 Å². The number of thiazole rings is 1. The van der Waals surface area contributed by atoms with Crippen molar-refractivity contribution >= 4 is 34.0 Å². The number of aromatic nitrogens is 1. The zero-order valence-corrected chi connectivity index (χ0v) is 16.6. The molecule has 4 N–H and O–H groups in total. The van der Waals surface area contributed by atoms with E-state index in [4.69, 9.17) is 0 Å². The zero-order chi connectivity index (χ0) is 20.2. The molecule has 0 spiro atoms. The third kappa shape index (κ3) is 4.68. The fraction of sp³-hybridized carbons (Fsp3) is 0.190. The quantitative estimate of drug-likeness (QED) is 0.521. The second kappa shape index (κ2) is 8.52. The molecule has 2 aromatic carbocycles. The summed E-state index contributed by atoms with van der Waals surface area (Å²) in [5.74, 6) is -0.223. The Hall–Kier alpha value is -3.07. The molecule has 0 saturated carbocycles. The molecule has 0 aliphatic carbocycles. The van der Waals surface area contributed by atoms with Crippen LogP contribution in [0.1, 0.15) is 24.9 Å². The molecule has 2 unspecified atom stereocenters. The number of hydrogen-bond donors (Lipinski definition) is 4. The van der Waals surface area contributed by atoms with Gasteiger partial charge in [-0.2, -0.15) is 0 Å². The van der Waals surface area contributed by atoms with Crippen molar-refractivity contribution < 1.29 is 9.59 Å². The van der Waals surface area contributed by atoms with E-state index in [9.17, 15) is 9.59 Å². The van der Waals surface area contributed by atoms with Crippen LogP contribution in [0.5, 0.6) is 0 Å². The summed E-state index contributed by atoms with van der Waals surface area (Å²) in [4.78, 5) is 28.2. The summed E-state index contributed by atoms with van der Waals surface area (Å²) in [7, 11) is 0. The van der Waals surface area contributed by atoms with Gasteiger partial charge in [0.25, 0.3) is 0 Å². The van der Waals surface area contributed by atoms with Crippen LogP contribution < -0.4 is 21.5 Å². The average molecular weight is 407 g/mol. The van der Waals surface area contributed by atoms with Crippen molar-refractivity contribution in [2.45, 2.75) is 25.4 Å². The third-order valence-corrected chi connectivity index (χ3v) is 5.41. The molecule has 3 aromatic rings. The first-order chi connectivity index (χ1) is 14.1. The van der Waals surface area contributed by atoms with Gasteiger partial charge < -0.3 is 10.6 Å². The highest BCUT2D eigenvalue weighted by Gasteiger charge is 2.30. The van der Waals surface area contributed by atoms with E-state index in [1.807, 2.05) is 60.0 Å². The molecule has 8 heteroatoms. The van der Waals surface area contributed by atoms with Crippen molar-refractivity contribution in [3.05, 3.63) is 65.5 Å². The smallest absolute Gasteiger partial charge is 0.244 e. The first kappa shape index (κ1) is 19.3. The number of hydrogen-bond acceptors (Lipinski definition) is 6. The van der Waals surface area contributed by atoms with E-state index in [0.717, 1.165) is 22.5 Å². The predicted molar refractivity (Wildman–Crippen MR) is 114 cm³/mol. The largest absolute Gasteiger partial charge is 0.326 e. The minimum atomic E-state index is -0.329. The molecule has 0 bridgehead atoms. The van der Waals surface area contributed by atoms with Gasteiger partial charge in [-0.15, -0.1) is 11.3 Å². The number of carbonyl (C=O) groups is 2. The van der Waals surface area contributed by atoms with Crippen molar-refractivity contribution in [3.8, 4) is 11.3 Å². The lowest BCUT2D eigenvalue weighted by Crippen LogP contribution is -2.39. The Balaban J connectivity index is 1.36. The Labute approximate surface area is 172 Å². The van der Waals surface area contributed by atoms with E-state index in [1.165, 1.54) is 18.3 Å². The predicted octanol–water partition coefficient (Wildman–Crippen LogP) is 3.31. The van der Waals surface area contributed by atoms with E-state index in [-0.39, 0.29) is 23.9 Å². The fourth-order valence-corrected chi connectivity index (χ4v) is 3.94. The van der Waals surface area contributed by atoms with Crippen LogP contribution in [0.4, 0.5) is 10.8 Å². The summed E-state index contributed by atoms with van der Waals surface area (Å²) in [6, 6.07) is 17.2. The van der Waals surface area contributed by atoms with Crippen LogP contribution in [-0.4, -0.2) is 22.8 Å². The summed E-state index contributed by atoms with van der Waals surface area (Å²) < 4.78 is 0. The monoisotopic (exact) mass is 407 g/mol. The van der Waals surface area contributed by atoms with Crippen LogP contribution in [-0.2, 0) is 9.59 Å². The topological polar surface area (TPSA) is 95.2 Å². The molecule has 2 atom stereocenters. The maximum Gasteiger partial charge on any atom is 0.244 e. The van der Waals surface area contributed by atoms with E-state index >= 15 is 0 Å². The second-order valence-corrected chi connectivity index (χ2v) is 7.68. The van der Waals surface area contributed by atoms with Gasteiger partial charge in [-0.25, -0.2) is 15.8 Å². The molecule has 2 amide bonds. The molecular weight excluding hydrogens is 386 g/mol. The third-order valence-electron chi connectivity index (χ3n) is 4.66. The number of rotatable bonds is 5. The number of amides is 2. The molecule has 1 aliphatic heterocycles. The molecule has 1 aromatic heterocycles. The molecular formula is C21H21N5O2S. The van der Waals surface area contributed by atoms with Crippen LogP contribution in [0.2, 0.25) is 0 Å². The lowest BCUT2D eigenvalue weighted by Gasteiger charge is -2.09. The van der Waals surface area contributed by atoms with Gasteiger partial charge in [-0.05, 0) is 24.1 Å². The van der Waals surface area contributed by atoms with Crippen LogP contribution in [0, 0.1) is 0 Å². The van der Waals surface area contributed by atoms with Gasteiger partial charge in [0.1, 0.15) is 6.04 Å². The highest BCUT2D eigenvalue weighted by atomic mass is 32.1. The summed E-state index contributed by atoms with van der Waals surface area (Å²) in [5.41, 5.74) is 9.82. The summed E-state index contributed by atoms with van der Waals surface area (Å²) in [6.45, 7) is 1.47. The van der Waals surface area contributed by atoms with E-state index in [1.54, 1.807) is 0 Å². The molecule has 4 rings (SSSR count). The normalized spacial score (nSPS) is 18.4. The van der Waals surface area contributed by atoms with Gasteiger partial charge in [0.05, 0.1) is 5.69 Å².